The highest BCUT2D eigenvalue weighted by molar-refractivity contribution is 6.43. The molecule has 1 aromatic carbocycles. The first kappa shape index (κ1) is 14.9. The largest absolute Gasteiger partial charge is 0.364 e. The van der Waals surface area contributed by atoms with Gasteiger partial charge in [0, 0.05) is 11.9 Å². The second kappa shape index (κ2) is 6.39. The summed E-state index contributed by atoms with van der Waals surface area (Å²) in [5.74, 6) is -1.20. The molecule has 0 saturated carbocycles. The fraction of sp³-hybridized carbons (Fsp3) is 0.176. The number of carbonyl (C=O) groups is 2. The summed E-state index contributed by atoms with van der Waals surface area (Å²) >= 11 is 0. The van der Waals surface area contributed by atoms with Gasteiger partial charge in [0.2, 0.25) is 5.78 Å². The zero-order chi connectivity index (χ0) is 16.2. The molecule has 23 heavy (non-hydrogen) atoms. The number of carbonyl (C=O) groups excluding carboxylic acids is 2. The van der Waals surface area contributed by atoms with Crippen LogP contribution in [0.15, 0.2) is 42.9 Å². The van der Waals surface area contributed by atoms with E-state index in [9.17, 15) is 9.59 Å². The molecule has 0 aliphatic rings. The zero-order valence-electron chi connectivity index (χ0n) is 12.7. The van der Waals surface area contributed by atoms with E-state index in [1.165, 1.54) is 11.9 Å². The number of ketones is 2. The number of Topliss-reactive ketones (excluding diaryl/α,β-unsaturated/α-hetero) is 2. The minimum absolute atomic E-state index is 0.0216. The maximum Gasteiger partial charge on any atom is 0.265 e. The molecule has 0 unspecified atom stereocenters. The molecule has 2 aromatic heterocycles. The molecule has 3 rings (SSSR count). The van der Waals surface area contributed by atoms with E-state index in [0.29, 0.717) is 6.42 Å². The van der Waals surface area contributed by atoms with Gasteiger partial charge in [0.25, 0.3) is 5.78 Å². The topological polar surface area (TPSA) is 91.5 Å². The van der Waals surface area contributed by atoms with Gasteiger partial charge in [-0.05, 0) is 30.5 Å². The number of nitrogens with one attached hydrogen (secondary N) is 2. The Labute approximate surface area is 133 Å². The van der Waals surface area contributed by atoms with Crippen LogP contribution in [0.3, 0.4) is 0 Å². The standard InChI is InChI=1S/C17H16N4O2/c1-11-2-4-12(5-3-11)8-13-6-7-18-14(13)9-15(22)16(23)17-19-10-20-21-17/h2-7,10,18H,8-9H2,1H3,(H,19,20,21). The van der Waals surface area contributed by atoms with Gasteiger partial charge < -0.3 is 4.98 Å². The Hall–Kier alpha value is -3.02. The Kier molecular flexibility index (Phi) is 4.14. The summed E-state index contributed by atoms with van der Waals surface area (Å²) in [6.45, 7) is 2.04. The lowest BCUT2D eigenvalue weighted by atomic mass is 10.0. The third-order valence-corrected chi connectivity index (χ3v) is 3.67. The third kappa shape index (κ3) is 3.42. The molecular formula is C17H16N4O2. The van der Waals surface area contributed by atoms with Gasteiger partial charge in [0.1, 0.15) is 6.33 Å². The van der Waals surface area contributed by atoms with Crippen molar-refractivity contribution in [1.29, 1.82) is 0 Å². The summed E-state index contributed by atoms with van der Waals surface area (Å²) < 4.78 is 0. The monoisotopic (exact) mass is 308 g/mol. The highest BCUT2D eigenvalue weighted by Crippen LogP contribution is 2.15. The van der Waals surface area contributed by atoms with Crippen LogP contribution in [0.2, 0.25) is 0 Å². The van der Waals surface area contributed by atoms with Crippen molar-refractivity contribution in [3.63, 3.8) is 0 Å². The minimum Gasteiger partial charge on any atom is -0.364 e. The minimum atomic E-state index is -0.654. The van der Waals surface area contributed by atoms with Crippen molar-refractivity contribution < 1.29 is 9.59 Å². The Balaban J connectivity index is 1.72. The van der Waals surface area contributed by atoms with Crippen LogP contribution >= 0.6 is 0 Å². The molecule has 0 amide bonds. The number of H-pyrrole nitrogens is 2. The van der Waals surface area contributed by atoms with Gasteiger partial charge in [-0.1, -0.05) is 29.8 Å². The molecule has 0 radical (unpaired) electrons. The molecule has 0 aliphatic carbocycles. The first-order valence-corrected chi connectivity index (χ1v) is 7.27. The van der Waals surface area contributed by atoms with Gasteiger partial charge in [-0.25, -0.2) is 4.98 Å². The second-order valence-electron chi connectivity index (χ2n) is 5.41. The van der Waals surface area contributed by atoms with Crippen LogP contribution in [0, 0.1) is 6.92 Å². The molecule has 3 aromatic rings. The summed E-state index contributed by atoms with van der Waals surface area (Å²) in [5, 5.41) is 6.00. The van der Waals surface area contributed by atoms with E-state index in [-0.39, 0.29) is 12.2 Å². The van der Waals surface area contributed by atoms with E-state index in [4.69, 9.17) is 0 Å². The van der Waals surface area contributed by atoms with Crippen molar-refractivity contribution >= 4 is 11.6 Å². The van der Waals surface area contributed by atoms with E-state index >= 15 is 0 Å². The first-order chi connectivity index (χ1) is 11.1. The van der Waals surface area contributed by atoms with E-state index in [0.717, 1.165) is 16.8 Å². The van der Waals surface area contributed by atoms with E-state index in [1.807, 2.05) is 13.0 Å². The summed E-state index contributed by atoms with van der Waals surface area (Å²) in [5.41, 5.74) is 4.12. The summed E-state index contributed by atoms with van der Waals surface area (Å²) in [6.07, 6.45) is 3.72. The van der Waals surface area contributed by atoms with Crippen molar-refractivity contribution in [2.75, 3.05) is 0 Å². The normalized spacial score (nSPS) is 10.7. The van der Waals surface area contributed by atoms with Gasteiger partial charge >= 0.3 is 0 Å². The average Bonchev–Trinajstić information content (AvgIpc) is 3.21. The maximum atomic E-state index is 12.1. The van der Waals surface area contributed by atoms with Crippen LogP contribution in [0.25, 0.3) is 0 Å². The molecule has 0 aliphatic heterocycles. The van der Waals surface area contributed by atoms with Crippen LogP contribution in [0.5, 0.6) is 0 Å². The fourth-order valence-electron chi connectivity index (χ4n) is 2.38. The number of nitrogens with zero attached hydrogens (tertiary/aromatic N) is 2. The predicted molar refractivity (Wildman–Crippen MR) is 84.2 cm³/mol. The molecule has 2 N–H and O–H groups in total. The van der Waals surface area contributed by atoms with Gasteiger partial charge in [0.05, 0.1) is 6.42 Å². The van der Waals surface area contributed by atoms with Crippen molar-refractivity contribution in [2.24, 2.45) is 0 Å². The number of aryl methyl sites for hydroxylation is 1. The number of aromatic amines is 2. The molecule has 0 spiro atoms. The van der Waals surface area contributed by atoms with Crippen LogP contribution in [0.4, 0.5) is 0 Å². The molecule has 6 nitrogen and oxygen atoms in total. The molecular weight excluding hydrogens is 292 g/mol. The van der Waals surface area contributed by atoms with E-state index in [1.54, 1.807) is 6.20 Å². The highest BCUT2D eigenvalue weighted by Gasteiger charge is 2.21. The second-order valence-corrected chi connectivity index (χ2v) is 5.41. The molecule has 0 fully saturated rings. The van der Waals surface area contributed by atoms with Gasteiger partial charge in [-0.15, -0.1) is 0 Å². The van der Waals surface area contributed by atoms with E-state index in [2.05, 4.69) is 44.4 Å². The lowest BCUT2D eigenvalue weighted by molar-refractivity contribution is -0.114. The molecule has 0 saturated heterocycles. The lowest BCUT2D eigenvalue weighted by Gasteiger charge is -2.04. The zero-order valence-corrected chi connectivity index (χ0v) is 12.7. The molecule has 0 bridgehead atoms. The Bertz CT molecular complexity index is 817. The summed E-state index contributed by atoms with van der Waals surface area (Å²) in [4.78, 5) is 30.8. The number of aromatic nitrogens is 4. The van der Waals surface area contributed by atoms with Crippen molar-refractivity contribution in [2.45, 2.75) is 19.8 Å². The number of benzene rings is 1. The quantitative estimate of drug-likeness (QED) is 0.538. The van der Waals surface area contributed by atoms with Gasteiger partial charge in [0.15, 0.2) is 5.82 Å². The smallest absolute Gasteiger partial charge is 0.265 e. The SMILES string of the molecule is Cc1ccc(Cc2cc[nH]c2CC(=O)C(=O)c2ncn[nH]2)cc1. The average molecular weight is 308 g/mol. The Morgan fingerprint density at radius 3 is 2.61 bits per heavy atom. The van der Waals surface area contributed by atoms with Gasteiger partial charge in [-0.3, -0.25) is 14.7 Å². The maximum absolute atomic E-state index is 12.1. The lowest BCUT2D eigenvalue weighted by Crippen LogP contribution is -2.19. The fourth-order valence-corrected chi connectivity index (χ4v) is 2.38. The molecule has 2 heterocycles. The van der Waals surface area contributed by atoms with Gasteiger partial charge in [-0.2, -0.15) is 5.10 Å². The predicted octanol–water partition coefficient (Wildman–Crippen LogP) is 2.03. The van der Waals surface area contributed by atoms with Crippen molar-refractivity contribution in [3.05, 3.63) is 71.1 Å². The number of hydrogen-bond acceptors (Lipinski definition) is 4. The van der Waals surface area contributed by atoms with E-state index < -0.39 is 11.6 Å². The van der Waals surface area contributed by atoms with Crippen LogP contribution in [-0.4, -0.2) is 31.7 Å². The van der Waals surface area contributed by atoms with Crippen molar-refractivity contribution in [1.82, 2.24) is 20.2 Å². The molecule has 0 atom stereocenters. The summed E-state index contributed by atoms with van der Waals surface area (Å²) in [7, 11) is 0. The Morgan fingerprint density at radius 2 is 1.91 bits per heavy atom. The third-order valence-electron chi connectivity index (χ3n) is 3.67. The van der Waals surface area contributed by atoms with Crippen LogP contribution in [0.1, 0.15) is 33.0 Å². The summed E-state index contributed by atoms with van der Waals surface area (Å²) in [6, 6.07) is 10.2. The number of hydrogen-bond donors (Lipinski definition) is 2. The number of rotatable bonds is 6. The van der Waals surface area contributed by atoms with Crippen LogP contribution < -0.4 is 0 Å². The molecule has 116 valence electrons. The molecule has 6 heteroatoms. The highest BCUT2D eigenvalue weighted by atomic mass is 16.2. The first-order valence-electron chi connectivity index (χ1n) is 7.27. The van der Waals surface area contributed by atoms with Crippen molar-refractivity contribution in [3.8, 4) is 0 Å². The van der Waals surface area contributed by atoms with Crippen LogP contribution in [-0.2, 0) is 17.6 Å². The Morgan fingerprint density at radius 1 is 1.13 bits per heavy atom.